The smallest absolute Gasteiger partial charge is 0.332 e. The maximum absolute atomic E-state index is 9.51. The van der Waals surface area contributed by atoms with Crippen LogP contribution in [-0.4, -0.2) is 24.7 Å². The van der Waals surface area contributed by atoms with Crippen LogP contribution in [0.3, 0.4) is 0 Å². The van der Waals surface area contributed by atoms with Gasteiger partial charge in [0.1, 0.15) is 0 Å². The van der Waals surface area contributed by atoms with Gasteiger partial charge in [0.2, 0.25) is 0 Å². The highest BCUT2D eigenvalue weighted by Gasteiger charge is 2.24. The molecule has 0 aromatic heterocycles. The summed E-state index contributed by atoms with van der Waals surface area (Å²) in [6, 6.07) is 1.21. The van der Waals surface area contributed by atoms with Crippen molar-refractivity contribution in [1.82, 2.24) is 0 Å². The van der Waals surface area contributed by atoms with Crippen LogP contribution < -0.4 is 5.73 Å². The highest BCUT2D eigenvalue weighted by atomic mass is 28.4. The third-order valence-electron chi connectivity index (χ3n) is 3.10. The Bertz CT molecular complexity index is 154. The first kappa shape index (κ1) is 16.1. The summed E-state index contributed by atoms with van der Waals surface area (Å²) < 4.78 is 0. The summed E-state index contributed by atoms with van der Waals surface area (Å²) in [5, 5.41) is 0. The van der Waals surface area contributed by atoms with Crippen molar-refractivity contribution in [2.75, 3.05) is 6.54 Å². The van der Waals surface area contributed by atoms with Crippen molar-refractivity contribution in [3.8, 4) is 0 Å². The lowest BCUT2D eigenvalue weighted by Gasteiger charge is -2.14. The molecular formula is C12H29NO2Si. The van der Waals surface area contributed by atoms with Crippen LogP contribution in [0, 0.1) is 0 Å². The van der Waals surface area contributed by atoms with Crippen molar-refractivity contribution in [2.24, 2.45) is 5.73 Å². The van der Waals surface area contributed by atoms with Gasteiger partial charge in [-0.3, -0.25) is 0 Å². The summed E-state index contributed by atoms with van der Waals surface area (Å²) in [7, 11) is -2.78. The van der Waals surface area contributed by atoms with Gasteiger partial charge in [0, 0.05) is 0 Å². The molecular weight excluding hydrogens is 218 g/mol. The van der Waals surface area contributed by atoms with Gasteiger partial charge in [-0.1, -0.05) is 51.9 Å². The molecule has 0 saturated heterocycles. The molecule has 0 saturated carbocycles. The molecule has 0 fully saturated rings. The van der Waals surface area contributed by atoms with Gasteiger partial charge in [0.15, 0.2) is 0 Å². The average molecular weight is 247 g/mol. The maximum atomic E-state index is 9.51. The van der Waals surface area contributed by atoms with Gasteiger partial charge in [0.05, 0.1) is 0 Å². The monoisotopic (exact) mass is 247 g/mol. The van der Waals surface area contributed by atoms with Crippen LogP contribution in [0.2, 0.25) is 12.1 Å². The van der Waals surface area contributed by atoms with Crippen molar-refractivity contribution in [1.29, 1.82) is 0 Å². The van der Waals surface area contributed by atoms with Crippen LogP contribution in [0.5, 0.6) is 0 Å². The van der Waals surface area contributed by atoms with Gasteiger partial charge in [-0.2, -0.15) is 0 Å². The molecule has 0 radical (unpaired) electrons. The molecule has 98 valence electrons. The average Bonchev–Trinajstić information content (AvgIpc) is 2.27. The van der Waals surface area contributed by atoms with Crippen LogP contribution in [0.1, 0.15) is 58.3 Å². The van der Waals surface area contributed by atoms with E-state index in [1.165, 1.54) is 32.1 Å². The van der Waals surface area contributed by atoms with Crippen molar-refractivity contribution >= 4 is 8.56 Å². The van der Waals surface area contributed by atoms with Crippen LogP contribution in [0.4, 0.5) is 0 Å². The fourth-order valence-electron chi connectivity index (χ4n) is 1.79. The molecule has 0 bridgehead atoms. The Morgan fingerprint density at radius 2 is 1.25 bits per heavy atom. The molecule has 0 aliphatic rings. The molecule has 0 unspecified atom stereocenters. The SMILES string of the molecule is CC[Si](O)(O)CCCCCCCCCCN. The van der Waals surface area contributed by atoms with Crippen LogP contribution in [-0.2, 0) is 0 Å². The number of hydrogen-bond donors (Lipinski definition) is 3. The Morgan fingerprint density at radius 3 is 1.69 bits per heavy atom. The zero-order chi connectivity index (χ0) is 12.3. The second kappa shape index (κ2) is 10.3. The van der Waals surface area contributed by atoms with E-state index in [0.29, 0.717) is 12.1 Å². The van der Waals surface area contributed by atoms with Gasteiger partial charge in [0.25, 0.3) is 0 Å². The summed E-state index contributed by atoms with van der Waals surface area (Å²) in [6.07, 6.45) is 9.65. The number of hydrogen-bond acceptors (Lipinski definition) is 3. The molecule has 0 amide bonds. The summed E-state index contributed by atoms with van der Waals surface area (Å²) >= 11 is 0. The van der Waals surface area contributed by atoms with E-state index in [1.54, 1.807) is 0 Å². The standard InChI is InChI=1S/C12H29NO2Si/c1-2-16(14,15)12-10-8-6-4-3-5-7-9-11-13/h14-15H,2-13H2,1H3. The van der Waals surface area contributed by atoms with E-state index in [0.717, 1.165) is 25.8 Å². The van der Waals surface area contributed by atoms with Gasteiger partial charge in [-0.25, -0.2) is 0 Å². The largest absolute Gasteiger partial charge is 0.411 e. The van der Waals surface area contributed by atoms with Gasteiger partial charge >= 0.3 is 8.56 Å². The number of unbranched alkanes of at least 4 members (excludes halogenated alkanes) is 7. The van der Waals surface area contributed by atoms with E-state index in [-0.39, 0.29) is 0 Å². The Labute approximate surface area is 101 Å². The minimum Gasteiger partial charge on any atom is -0.411 e. The van der Waals surface area contributed by atoms with Gasteiger partial charge < -0.3 is 15.3 Å². The molecule has 0 atom stereocenters. The van der Waals surface area contributed by atoms with E-state index in [4.69, 9.17) is 5.73 Å². The Hall–Kier alpha value is 0.0969. The van der Waals surface area contributed by atoms with E-state index < -0.39 is 8.56 Å². The second-order valence-corrected chi connectivity index (χ2v) is 7.88. The minimum atomic E-state index is -2.78. The molecule has 0 aliphatic carbocycles. The molecule has 3 nitrogen and oxygen atoms in total. The molecule has 16 heavy (non-hydrogen) atoms. The van der Waals surface area contributed by atoms with Crippen molar-refractivity contribution < 1.29 is 9.59 Å². The highest BCUT2D eigenvalue weighted by Crippen LogP contribution is 2.15. The lowest BCUT2D eigenvalue weighted by molar-refractivity contribution is 0.356. The van der Waals surface area contributed by atoms with Crippen molar-refractivity contribution in [3.63, 3.8) is 0 Å². The molecule has 0 spiro atoms. The predicted octanol–water partition coefficient (Wildman–Crippen LogP) is 2.51. The van der Waals surface area contributed by atoms with E-state index >= 15 is 0 Å². The normalized spacial score (nSPS) is 12.0. The summed E-state index contributed by atoms with van der Waals surface area (Å²) in [5.74, 6) is 0. The fourth-order valence-corrected chi connectivity index (χ4v) is 2.96. The summed E-state index contributed by atoms with van der Waals surface area (Å²) in [6.45, 7) is 2.68. The molecule has 0 heterocycles. The molecule has 4 N–H and O–H groups in total. The fraction of sp³-hybridized carbons (Fsp3) is 1.00. The first-order valence-electron chi connectivity index (χ1n) is 6.77. The van der Waals surface area contributed by atoms with Crippen molar-refractivity contribution in [2.45, 2.75) is 70.4 Å². The zero-order valence-corrected chi connectivity index (χ0v) is 11.7. The minimum absolute atomic E-state index is 0.562. The lowest BCUT2D eigenvalue weighted by atomic mass is 10.1. The van der Waals surface area contributed by atoms with Crippen LogP contribution in [0.15, 0.2) is 0 Å². The first-order chi connectivity index (χ1) is 7.62. The third-order valence-corrected chi connectivity index (χ3v) is 5.38. The van der Waals surface area contributed by atoms with Crippen molar-refractivity contribution in [3.05, 3.63) is 0 Å². The van der Waals surface area contributed by atoms with E-state index in [1.807, 2.05) is 6.92 Å². The quantitative estimate of drug-likeness (QED) is 0.388. The molecule has 0 aliphatic heterocycles. The molecule has 0 aromatic rings. The van der Waals surface area contributed by atoms with Gasteiger partial charge in [-0.15, -0.1) is 0 Å². The highest BCUT2D eigenvalue weighted by molar-refractivity contribution is 6.64. The third kappa shape index (κ3) is 10.6. The molecule has 4 heteroatoms. The van der Waals surface area contributed by atoms with E-state index in [2.05, 4.69) is 0 Å². The van der Waals surface area contributed by atoms with E-state index in [9.17, 15) is 9.59 Å². The Kier molecular flexibility index (Phi) is 10.3. The number of nitrogens with two attached hydrogens (primary N) is 1. The summed E-state index contributed by atoms with van der Waals surface area (Å²) in [4.78, 5) is 19.0. The predicted molar refractivity (Wildman–Crippen MR) is 71.5 cm³/mol. The maximum Gasteiger partial charge on any atom is 0.332 e. The summed E-state index contributed by atoms with van der Waals surface area (Å²) in [5.41, 5.74) is 5.42. The Morgan fingerprint density at radius 1 is 0.812 bits per heavy atom. The van der Waals surface area contributed by atoms with Crippen LogP contribution in [0.25, 0.3) is 0 Å². The number of rotatable bonds is 11. The Balaban J connectivity index is 3.10. The van der Waals surface area contributed by atoms with Gasteiger partial charge in [-0.05, 0) is 25.1 Å². The zero-order valence-electron chi connectivity index (χ0n) is 10.7. The second-order valence-electron chi connectivity index (χ2n) is 4.70. The van der Waals surface area contributed by atoms with Crippen LogP contribution >= 0.6 is 0 Å². The molecule has 0 rings (SSSR count). The lowest BCUT2D eigenvalue weighted by Crippen LogP contribution is -2.32. The molecule has 0 aromatic carbocycles. The topological polar surface area (TPSA) is 66.5 Å². The first-order valence-corrected chi connectivity index (χ1v) is 9.08.